The number of carbonyl (C=O) groups excluding carboxylic acids is 1. The Morgan fingerprint density at radius 2 is 1.86 bits per heavy atom. The van der Waals surface area contributed by atoms with Crippen molar-refractivity contribution in [1.29, 1.82) is 0 Å². The fourth-order valence-electron chi connectivity index (χ4n) is 2.27. The number of carbonyl (C=O) groups is 1. The van der Waals surface area contributed by atoms with Crippen molar-refractivity contribution in [1.82, 2.24) is 0 Å². The van der Waals surface area contributed by atoms with Gasteiger partial charge in [-0.1, -0.05) is 36.4 Å². The third-order valence-corrected chi connectivity index (χ3v) is 3.27. The second-order valence-corrected chi connectivity index (χ2v) is 4.73. The molecule has 0 saturated heterocycles. The fraction of sp³-hybridized carbons (Fsp3) is 0.0625. The number of rotatable bonds is 4. The standard InChI is InChI=1S/C16H12N2O4/c19-16-15(11-5-2-1-3-6-11)14(10-22-16)17-12-7-4-8-13(9-12)18(20)21/h1-9,17H,10H2. The molecule has 0 saturated carbocycles. The van der Waals surface area contributed by atoms with Crippen LogP contribution in [0.15, 0.2) is 60.3 Å². The molecular weight excluding hydrogens is 284 g/mol. The van der Waals surface area contributed by atoms with Crippen LogP contribution in [0.3, 0.4) is 0 Å². The molecule has 2 aromatic rings. The van der Waals surface area contributed by atoms with E-state index in [-0.39, 0.29) is 12.3 Å². The van der Waals surface area contributed by atoms with E-state index in [1.807, 2.05) is 30.3 Å². The third kappa shape index (κ3) is 2.67. The van der Waals surface area contributed by atoms with Crippen LogP contribution in [0.25, 0.3) is 5.57 Å². The molecule has 1 aliphatic rings. The lowest BCUT2D eigenvalue weighted by atomic mass is 10.1. The van der Waals surface area contributed by atoms with E-state index in [2.05, 4.69) is 5.32 Å². The highest BCUT2D eigenvalue weighted by atomic mass is 16.6. The van der Waals surface area contributed by atoms with E-state index in [0.717, 1.165) is 5.56 Å². The number of benzene rings is 2. The molecule has 0 spiro atoms. The Hall–Kier alpha value is -3.15. The van der Waals surface area contributed by atoms with Gasteiger partial charge < -0.3 is 10.1 Å². The monoisotopic (exact) mass is 296 g/mol. The molecule has 6 heteroatoms. The van der Waals surface area contributed by atoms with Gasteiger partial charge >= 0.3 is 5.97 Å². The molecule has 1 heterocycles. The van der Waals surface area contributed by atoms with E-state index in [1.54, 1.807) is 12.1 Å². The Kier molecular flexibility index (Phi) is 3.57. The summed E-state index contributed by atoms with van der Waals surface area (Å²) in [6.45, 7) is 0.117. The SMILES string of the molecule is O=C1OCC(Nc2cccc([N+](=O)[O-])c2)=C1c1ccccc1. The van der Waals surface area contributed by atoms with Gasteiger partial charge in [0.2, 0.25) is 0 Å². The van der Waals surface area contributed by atoms with Crippen LogP contribution in [0.4, 0.5) is 11.4 Å². The Balaban J connectivity index is 1.96. The zero-order valence-corrected chi connectivity index (χ0v) is 11.5. The first-order chi connectivity index (χ1) is 10.6. The van der Waals surface area contributed by atoms with E-state index in [9.17, 15) is 14.9 Å². The van der Waals surface area contributed by atoms with Crippen LogP contribution < -0.4 is 5.32 Å². The van der Waals surface area contributed by atoms with Crippen LogP contribution in [-0.2, 0) is 9.53 Å². The molecule has 110 valence electrons. The molecule has 1 N–H and O–H groups in total. The van der Waals surface area contributed by atoms with Gasteiger partial charge in [0, 0.05) is 17.8 Å². The van der Waals surface area contributed by atoms with E-state index in [1.165, 1.54) is 12.1 Å². The number of hydrogen-bond acceptors (Lipinski definition) is 5. The lowest BCUT2D eigenvalue weighted by molar-refractivity contribution is -0.384. The average molecular weight is 296 g/mol. The fourth-order valence-corrected chi connectivity index (χ4v) is 2.27. The van der Waals surface area contributed by atoms with E-state index in [4.69, 9.17) is 4.74 Å². The summed E-state index contributed by atoms with van der Waals surface area (Å²) in [5.41, 5.74) is 2.31. The number of esters is 1. The number of cyclic esters (lactones) is 1. The second kappa shape index (κ2) is 5.69. The van der Waals surface area contributed by atoms with Crippen molar-refractivity contribution < 1.29 is 14.5 Å². The smallest absolute Gasteiger partial charge is 0.341 e. The van der Waals surface area contributed by atoms with Gasteiger partial charge in [0.1, 0.15) is 6.61 Å². The molecule has 1 aliphatic heterocycles. The summed E-state index contributed by atoms with van der Waals surface area (Å²) in [4.78, 5) is 22.3. The first-order valence-corrected chi connectivity index (χ1v) is 6.62. The molecule has 3 rings (SSSR count). The molecule has 6 nitrogen and oxygen atoms in total. The van der Waals surface area contributed by atoms with Crippen LogP contribution in [0, 0.1) is 10.1 Å². The zero-order valence-electron chi connectivity index (χ0n) is 11.5. The molecule has 0 unspecified atom stereocenters. The summed E-state index contributed by atoms with van der Waals surface area (Å²) < 4.78 is 5.07. The summed E-state index contributed by atoms with van der Waals surface area (Å²) in [6.07, 6.45) is 0. The Morgan fingerprint density at radius 1 is 1.09 bits per heavy atom. The van der Waals surface area contributed by atoms with Gasteiger partial charge in [-0.15, -0.1) is 0 Å². The summed E-state index contributed by atoms with van der Waals surface area (Å²) in [5.74, 6) is -0.404. The molecule has 0 amide bonds. The van der Waals surface area contributed by atoms with Crippen molar-refractivity contribution >= 4 is 22.9 Å². The third-order valence-electron chi connectivity index (χ3n) is 3.27. The lowest BCUT2D eigenvalue weighted by Gasteiger charge is -2.08. The zero-order chi connectivity index (χ0) is 15.5. The van der Waals surface area contributed by atoms with Gasteiger partial charge in [0.15, 0.2) is 0 Å². The number of hydrogen-bond donors (Lipinski definition) is 1. The molecular formula is C16H12N2O4. The van der Waals surface area contributed by atoms with Crippen LogP contribution in [0.5, 0.6) is 0 Å². The van der Waals surface area contributed by atoms with E-state index >= 15 is 0 Å². The first-order valence-electron chi connectivity index (χ1n) is 6.62. The van der Waals surface area contributed by atoms with E-state index in [0.29, 0.717) is 17.0 Å². The van der Waals surface area contributed by atoms with E-state index < -0.39 is 10.9 Å². The van der Waals surface area contributed by atoms with Gasteiger partial charge in [-0.2, -0.15) is 0 Å². The Bertz CT molecular complexity index is 769. The summed E-state index contributed by atoms with van der Waals surface area (Å²) in [6, 6.07) is 15.3. The minimum Gasteiger partial charge on any atom is -0.456 e. The van der Waals surface area contributed by atoms with Crippen LogP contribution >= 0.6 is 0 Å². The maximum Gasteiger partial charge on any atom is 0.341 e. The molecule has 0 aliphatic carbocycles. The predicted molar refractivity (Wildman–Crippen MR) is 81.0 cm³/mol. The number of ether oxygens (including phenoxy) is 1. The van der Waals surface area contributed by atoms with Gasteiger partial charge in [-0.3, -0.25) is 10.1 Å². The highest BCUT2D eigenvalue weighted by Gasteiger charge is 2.26. The number of nitro groups is 1. The van der Waals surface area contributed by atoms with Gasteiger partial charge in [-0.25, -0.2) is 4.79 Å². The van der Waals surface area contributed by atoms with Crippen molar-refractivity contribution in [3.63, 3.8) is 0 Å². The summed E-state index contributed by atoms with van der Waals surface area (Å²) in [5, 5.41) is 13.9. The van der Waals surface area contributed by atoms with Gasteiger partial charge in [0.25, 0.3) is 5.69 Å². The highest BCUT2D eigenvalue weighted by Crippen LogP contribution is 2.28. The Morgan fingerprint density at radius 3 is 2.59 bits per heavy atom. The highest BCUT2D eigenvalue weighted by molar-refractivity contribution is 6.19. The van der Waals surface area contributed by atoms with Gasteiger partial charge in [-0.05, 0) is 11.6 Å². The summed E-state index contributed by atoms with van der Waals surface area (Å²) >= 11 is 0. The summed E-state index contributed by atoms with van der Waals surface area (Å²) in [7, 11) is 0. The number of anilines is 1. The second-order valence-electron chi connectivity index (χ2n) is 4.73. The predicted octanol–water partition coefficient (Wildman–Crippen LogP) is 2.97. The molecule has 22 heavy (non-hydrogen) atoms. The van der Waals surface area contributed by atoms with Crippen molar-refractivity contribution in [2.45, 2.75) is 0 Å². The molecule has 0 aromatic heterocycles. The van der Waals surface area contributed by atoms with Crippen LogP contribution in [0.2, 0.25) is 0 Å². The minimum atomic E-state index is -0.464. The maximum absolute atomic E-state index is 11.9. The van der Waals surface area contributed by atoms with Crippen molar-refractivity contribution in [2.24, 2.45) is 0 Å². The normalized spacial score (nSPS) is 13.9. The minimum absolute atomic E-state index is 0.0166. The van der Waals surface area contributed by atoms with Crippen molar-refractivity contribution in [2.75, 3.05) is 11.9 Å². The number of nitro benzene ring substituents is 1. The number of non-ortho nitro benzene ring substituents is 1. The van der Waals surface area contributed by atoms with Crippen molar-refractivity contribution in [3.05, 3.63) is 76.0 Å². The number of nitrogens with zero attached hydrogens (tertiary/aromatic N) is 1. The molecule has 2 aromatic carbocycles. The van der Waals surface area contributed by atoms with Crippen molar-refractivity contribution in [3.8, 4) is 0 Å². The topological polar surface area (TPSA) is 81.5 Å². The molecule has 0 fully saturated rings. The molecule has 0 atom stereocenters. The quantitative estimate of drug-likeness (QED) is 0.533. The van der Waals surface area contributed by atoms with Crippen LogP contribution in [0.1, 0.15) is 5.56 Å². The average Bonchev–Trinajstić information content (AvgIpc) is 2.89. The molecule has 0 radical (unpaired) electrons. The largest absolute Gasteiger partial charge is 0.456 e. The molecule has 0 bridgehead atoms. The lowest BCUT2D eigenvalue weighted by Crippen LogP contribution is -2.03. The Labute approximate surface area is 126 Å². The van der Waals surface area contributed by atoms with Crippen LogP contribution in [-0.4, -0.2) is 17.5 Å². The number of nitrogens with one attached hydrogen (secondary N) is 1. The first kappa shape index (κ1) is 13.8. The van der Waals surface area contributed by atoms with Gasteiger partial charge in [0.05, 0.1) is 16.2 Å². The maximum atomic E-state index is 11.9.